The number of benzene rings is 1. The third-order valence-corrected chi connectivity index (χ3v) is 5.61. The molecule has 1 amide bonds. The van der Waals surface area contributed by atoms with E-state index in [1.54, 1.807) is 4.90 Å². The summed E-state index contributed by atoms with van der Waals surface area (Å²) in [5.74, 6) is 0.217. The van der Waals surface area contributed by atoms with Crippen LogP contribution in [0.4, 0.5) is 13.2 Å². The zero-order valence-corrected chi connectivity index (χ0v) is 15.7. The van der Waals surface area contributed by atoms with Crippen molar-refractivity contribution >= 4 is 5.91 Å². The number of amides is 1. The standard InChI is InChI=1S/C20H20F3N3O3/c1-28-19-24-9-13(10-25-19)18(27)26-15-6-5-12(7-15)17(26)11-29-16-4-2-3-14(8-16)20(21,22)23/h2-4,8-10,12,15,17H,5-7,11H2,1H3/t12-,15-,17+/m0/s1. The molecule has 0 unspecified atom stereocenters. The summed E-state index contributed by atoms with van der Waals surface area (Å²) in [5, 5.41) is 0. The third-order valence-electron chi connectivity index (χ3n) is 5.61. The molecule has 154 valence electrons. The van der Waals surface area contributed by atoms with Gasteiger partial charge in [0.1, 0.15) is 12.4 Å². The van der Waals surface area contributed by atoms with Crippen LogP contribution in [0.1, 0.15) is 35.2 Å². The number of methoxy groups -OCH3 is 1. The van der Waals surface area contributed by atoms with E-state index in [-0.39, 0.29) is 42.3 Å². The third kappa shape index (κ3) is 3.86. The van der Waals surface area contributed by atoms with Crippen molar-refractivity contribution in [2.75, 3.05) is 13.7 Å². The number of halogens is 3. The van der Waals surface area contributed by atoms with Crippen molar-refractivity contribution in [3.63, 3.8) is 0 Å². The molecule has 1 aromatic heterocycles. The fourth-order valence-corrected chi connectivity index (χ4v) is 4.25. The number of nitrogens with zero attached hydrogens (tertiary/aromatic N) is 3. The molecule has 0 spiro atoms. The number of piperidine rings is 1. The van der Waals surface area contributed by atoms with E-state index in [0.29, 0.717) is 5.56 Å². The second-order valence-corrected chi connectivity index (χ2v) is 7.30. The first-order valence-electron chi connectivity index (χ1n) is 9.35. The number of likely N-dealkylation sites (tertiary alicyclic amines) is 1. The van der Waals surface area contributed by atoms with Gasteiger partial charge in [-0.25, -0.2) is 9.97 Å². The van der Waals surface area contributed by atoms with Gasteiger partial charge >= 0.3 is 12.2 Å². The van der Waals surface area contributed by atoms with Gasteiger partial charge < -0.3 is 14.4 Å². The maximum absolute atomic E-state index is 13.0. The summed E-state index contributed by atoms with van der Waals surface area (Å²) in [6.45, 7) is 0.144. The molecule has 1 saturated heterocycles. The molecule has 9 heteroatoms. The number of aromatic nitrogens is 2. The van der Waals surface area contributed by atoms with E-state index in [9.17, 15) is 18.0 Å². The second-order valence-electron chi connectivity index (χ2n) is 7.30. The van der Waals surface area contributed by atoms with E-state index in [0.717, 1.165) is 31.4 Å². The average molecular weight is 407 g/mol. The predicted octanol–water partition coefficient (Wildman–Crippen LogP) is 3.58. The minimum atomic E-state index is -4.43. The summed E-state index contributed by atoms with van der Waals surface area (Å²) >= 11 is 0. The molecule has 0 N–H and O–H groups in total. The fourth-order valence-electron chi connectivity index (χ4n) is 4.25. The van der Waals surface area contributed by atoms with Crippen molar-refractivity contribution in [1.82, 2.24) is 14.9 Å². The van der Waals surface area contributed by atoms with Crippen LogP contribution in [0.2, 0.25) is 0 Å². The van der Waals surface area contributed by atoms with Gasteiger partial charge in [-0.1, -0.05) is 6.07 Å². The summed E-state index contributed by atoms with van der Waals surface area (Å²) in [6, 6.07) is 4.87. The highest BCUT2D eigenvalue weighted by Gasteiger charge is 2.48. The van der Waals surface area contributed by atoms with E-state index in [2.05, 4.69) is 9.97 Å². The first kappa shape index (κ1) is 19.5. The Morgan fingerprint density at radius 2 is 2.00 bits per heavy atom. The normalized spacial score (nSPS) is 23.3. The molecule has 1 aromatic carbocycles. The summed E-state index contributed by atoms with van der Waals surface area (Å²) in [6.07, 6.45) is 1.18. The highest BCUT2D eigenvalue weighted by atomic mass is 19.4. The smallest absolute Gasteiger partial charge is 0.416 e. The van der Waals surface area contributed by atoms with Gasteiger partial charge in [-0.15, -0.1) is 0 Å². The molecule has 4 rings (SSSR count). The fraction of sp³-hybridized carbons (Fsp3) is 0.450. The van der Waals surface area contributed by atoms with Crippen LogP contribution in [-0.4, -0.2) is 46.6 Å². The molecule has 2 aromatic rings. The number of fused-ring (bicyclic) bond motifs is 2. The molecule has 0 radical (unpaired) electrons. The van der Waals surface area contributed by atoms with Gasteiger partial charge in [0.25, 0.3) is 5.91 Å². The number of alkyl halides is 3. The van der Waals surface area contributed by atoms with Crippen LogP contribution in [-0.2, 0) is 6.18 Å². The van der Waals surface area contributed by atoms with Crippen LogP contribution in [0.3, 0.4) is 0 Å². The topological polar surface area (TPSA) is 64.5 Å². The van der Waals surface area contributed by atoms with Gasteiger partial charge in [-0.2, -0.15) is 13.2 Å². The van der Waals surface area contributed by atoms with Gasteiger partial charge in [0, 0.05) is 18.4 Å². The highest BCUT2D eigenvalue weighted by molar-refractivity contribution is 5.94. The van der Waals surface area contributed by atoms with Crippen LogP contribution in [0.25, 0.3) is 0 Å². The lowest BCUT2D eigenvalue weighted by atomic mass is 9.99. The predicted molar refractivity (Wildman–Crippen MR) is 96.6 cm³/mol. The Labute approximate surface area is 165 Å². The summed E-state index contributed by atoms with van der Waals surface area (Å²) in [4.78, 5) is 22.8. The summed E-state index contributed by atoms with van der Waals surface area (Å²) in [7, 11) is 1.44. The lowest BCUT2D eigenvalue weighted by Crippen LogP contribution is -2.47. The highest BCUT2D eigenvalue weighted by Crippen LogP contribution is 2.43. The average Bonchev–Trinajstić information content (AvgIpc) is 3.33. The maximum Gasteiger partial charge on any atom is 0.416 e. The molecular weight excluding hydrogens is 387 g/mol. The Kier molecular flexibility index (Phi) is 5.06. The Balaban J connectivity index is 1.49. The largest absolute Gasteiger partial charge is 0.491 e. The molecule has 1 aliphatic heterocycles. The van der Waals surface area contributed by atoms with E-state index in [4.69, 9.17) is 9.47 Å². The lowest BCUT2D eigenvalue weighted by molar-refractivity contribution is -0.137. The van der Waals surface area contributed by atoms with Crippen molar-refractivity contribution in [1.29, 1.82) is 0 Å². The van der Waals surface area contributed by atoms with E-state index < -0.39 is 11.7 Å². The van der Waals surface area contributed by atoms with Crippen molar-refractivity contribution < 1.29 is 27.4 Å². The second kappa shape index (κ2) is 7.53. The number of carbonyl (C=O) groups is 1. The number of hydrogen-bond donors (Lipinski definition) is 0. The Hall–Kier alpha value is -2.84. The molecule has 2 heterocycles. The van der Waals surface area contributed by atoms with Crippen LogP contribution in [0.5, 0.6) is 11.8 Å². The minimum absolute atomic E-state index is 0.102. The van der Waals surface area contributed by atoms with Crippen molar-refractivity contribution in [3.05, 3.63) is 47.8 Å². The van der Waals surface area contributed by atoms with Crippen molar-refractivity contribution in [2.24, 2.45) is 5.92 Å². The quantitative estimate of drug-likeness (QED) is 0.758. The number of carbonyl (C=O) groups excluding carboxylic acids is 1. The van der Waals surface area contributed by atoms with E-state index in [1.165, 1.54) is 31.6 Å². The van der Waals surface area contributed by atoms with Gasteiger partial charge in [0.2, 0.25) is 0 Å². The maximum atomic E-state index is 13.0. The van der Waals surface area contributed by atoms with Gasteiger partial charge in [0.05, 0.1) is 24.3 Å². The van der Waals surface area contributed by atoms with Crippen LogP contribution >= 0.6 is 0 Å². The first-order valence-corrected chi connectivity index (χ1v) is 9.35. The van der Waals surface area contributed by atoms with Crippen molar-refractivity contribution in [2.45, 2.75) is 37.5 Å². The van der Waals surface area contributed by atoms with Crippen LogP contribution in [0, 0.1) is 5.92 Å². The molecule has 1 aliphatic carbocycles. The van der Waals surface area contributed by atoms with E-state index in [1.807, 2.05) is 0 Å². The van der Waals surface area contributed by atoms with Gasteiger partial charge in [0.15, 0.2) is 0 Å². The molecule has 2 aliphatic rings. The number of hydrogen-bond acceptors (Lipinski definition) is 5. The SMILES string of the molecule is COc1ncc(C(=O)N2[C@H]3CC[C@@H](C3)[C@H]2COc2cccc(C(F)(F)F)c2)cn1. The van der Waals surface area contributed by atoms with Crippen LogP contribution < -0.4 is 9.47 Å². The molecular formula is C20H20F3N3O3. The Bertz CT molecular complexity index is 889. The van der Waals surface area contributed by atoms with E-state index >= 15 is 0 Å². The lowest BCUT2D eigenvalue weighted by Gasteiger charge is -2.35. The Morgan fingerprint density at radius 1 is 1.24 bits per heavy atom. The number of ether oxygens (including phenoxy) is 2. The molecule has 2 bridgehead atoms. The molecule has 3 atom stereocenters. The molecule has 1 saturated carbocycles. The van der Waals surface area contributed by atoms with Gasteiger partial charge in [-0.05, 0) is 43.4 Å². The number of rotatable bonds is 5. The van der Waals surface area contributed by atoms with Crippen molar-refractivity contribution in [3.8, 4) is 11.8 Å². The summed E-state index contributed by atoms with van der Waals surface area (Å²) in [5.41, 5.74) is -0.409. The summed E-state index contributed by atoms with van der Waals surface area (Å²) < 4.78 is 49.3. The Morgan fingerprint density at radius 3 is 2.69 bits per heavy atom. The monoisotopic (exact) mass is 407 g/mol. The molecule has 2 fully saturated rings. The van der Waals surface area contributed by atoms with Crippen LogP contribution in [0.15, 0.2) is 36.7 Å². The zero-order chi connectivity index (χ0) is 20.6. The molecule has 29 heavy (non-hydrogen) atoms. The minimum Gasteiger partial charge on any atom is -0.491 e. The molecule has 6 nitrogen and oxygen atoms in total. The van der Waals surface area contributed by atoms with Gasteiger partial charge in [-0.3, -0.25) is 4.79 Å². The first-order chi connectivity index (χ1) is 13.9. The zero-order valence-electron chi connectivity index (χ0n) is 15.7.